The summed E-state index contributed by atoms with van der Waals surface area (Å²) in [7, 11) is 0. The molecule has 0 atom stereocenters. The van der Waals surface area contributed by atoms with Gasteiger partial charge in [0.2, 0.25) is 0 Å². The number of nitrogens with one attached hydrogen (secondary N) is 1. The van der Waals surface area contributed by atoms with Crippen LogP contribution in [0.4, 0.5) is 5.69 Å². The average Bonchev–Trinajstić information content (AvgIpc) is 3.36. The Labute approximate surface area is 181 Å². The summed E-state index contributed by atoms with van der Waals surface area (Å²) in [4.78, 5) is 36.0. The molecule has 0 saturated heterocycles. The van der Waals surface area contributed by atoms with Gasteiger partial charge in [-0.3, -0.25) is 14.9 Å². The molecule has 2 aromatic carbocycles. The number of hydrogen-bond acceptors (Lipinski definition) is 8. The van der Waals surface area contributed by atoms with Gasteiger partial charge in [-0.1, -0.05) is 42.1 Å². The first-order valence-electron chi connectivity index (χ1n) is 8.82. The van der Waals surface area contributed by atoms with Crippen LogP contribution in [-0.4, -0.2) is 19.9 Å². The molecule has 0 spiro atoms. The number of thiazole rings is 1. The highest BCUT2D eigenvalue weighted by Gasteiger charge is 2.14. The molecule has 0 radical (unpaired) electrons. The van der Waals surface area contributed by atoms with Crippen LogP contribution in [0.5, 0.6) is 0 Å². The number of aromatic nitrogens is 3. The molecule has 3 aromatic heterocycles. The second-order valence-electron chi connectivity index (χ2n) is 6.39. The number of thiophene rings is 1. The van der Waals surface area contributed by atoms with Crippen molar-refractivity contribution in [3.8, 4) is 11.1 Å². The molecule has 0 unspecified atom stereocenters. The molecule has 5 rings (SSSR count). The Hall–Kier alpha value is -3.08. The molecule has 30 heavy (non-hydrogen) atoms. The second kappa shape index (κ2) is 7.63. The lowest BCUT2D eigenvalue weighted by Crippen LogP contribution is -2.10. The Balaban J connectivity index is 1.42. The summed E-state index contributed by atoms with van der Waals surface area (Å²) in [6.45, 7) is 0. The lowest BCUT2D eigenvalue weighted by molar-refractivity contribution is -0.384. The fourth-order valence-electron chi connectivity index (χ4n) is 3.09. The van der Waals surface area contributed by atoms with Gasteiger partial charge in [-0.25, -0.2) is 9.97 Å². The van der Waals surface area contributed by atoms with Crippen molar-refractivity contribution in [2.24, 2.45) is 0 Å². The second-order valence-corrected chi connectivity index (χ2v) is 9.50. The number of nitrogens with zero attached hydrogens (tertiary/aromatic N) is 3. The fourth-order valence-corrected chi connectivity index (χ4v) is 6.03. The third-order valence-electron chi connectivity index (χ3n) is 4.47. The number of nitro groups is 1. The molecule has 0 amide bonds. The maximum atomic E-state index is 12.7. The standard InChI is InChI=1S/C20H12N4O3S3/c25-18-17-13(11-4-2-1-3-5-11)9-28-19(17)23-16(22-18)10-29-20-21-14-7-6-12(24(26)27)8-15(14)30-20/h1-9H,10H2,(H,22,23,25). The van der Waals surface area contributed by atoms with Gasteiger partial charge in [0.15, 0.2) is 4.34 Å². The number of nitro benzene ring substituents is 1. The number of H-pyrrole nitrogens is 1. The minimum Gasteiger partial charge on any atom is -0.309 e. The van der Waals surface area contributed by atoms with E-state index < -0.39 is 4.92 Å². The van der Waals surface area contributed by atoms with Gasteiger partial charge in [0.25, 0.3) is 11.2 Å². The van der Waals surface area contributed by atoms with Crippen molar-refractivity contribution < 1.29 is 4.92 Å². The van der Waals surface area contributed by atoms with Crippen molar-refractivity contribution >= 4 is 60.6 Å². The zero-order valence-corrected chi connectivity index (χ0v) is 17.6. The molecule has 148 valence electrons. The van der Waals surface area contributed by atoms with Crippen LogP contribution in [0.3, 0.4) is 0 Å². The van der Waals surface area contributed by atoms with Crippen LogP contribution >= 0.6 is 34.4 Å². The molecule has 3 heterocycles. The monoisotopic (exact) mass is 452 g/mol. The molecule has 0 saturated carbocycles. The topological polar surface area (TPSA) is 102 Å². The Kier molecular flexibility index (Phi) is 4.81. The van der Waals surface area contributed by atoms with E-state index in [9.17, 15) is 14.9 Å². The Morgan fingerprint density at radius 3 is 2.77 bits per heavy atom. The predicted octanol–water partition coefficient (Wildman–Crippen LogP) is 5.46. The van der Waals surface area contributed by atoms with Gasteiger partial charge in [0, 0.05) is 23.1 Å². The summed E-state index contributed by atoms with van der Waals surface area (Å²) >= 11 is 4.28. The van der Waals surface area contributed by atoms with Gasteiger partial charge < -0.3 is 4.98 Å². The van der Waals surface area contributed by atoms with Gasteiger partial charge in [0.1, 0.15) is 10.7 Å². The van der Waals surface area contributed by atoms with E-state index in [4.69, 9.17) is 0 Å². The summed E-state index contributed by atoms with van der Waals surface area (Å²) < 4.78 is 1.53. The number of aromatic amines is 1. The number of non-ortho nitro benzene ring substituents is 1. The molecule has 1 N–H and O–H groups in total. The number of fused-ring (bicyclic) bond motifs is 2. The van der Waals surface area contributed by atoms with E-state index in [0.717, 1.165) is 25.7 Å². The molecular formula is C20H12N4O3S3. The van der Waals surface area contributed by atoms with Crippen molar-refractivity contribution in [3.05, 3.63) is 80.2 Å². The average molecular weight is 453 g/mol. The van der Waals surface area contributed by atoms with E-state index in [1.54, 1.807) is 6.07 Å². The van der Waals surface area contributed by atoms with Crippen LogP contribution in [0.1, 0.15) is 5.82 Å². The lowest BCUT2D eigenvalue weighted by atomic mass is 10.1. The van der Waals surface area contributed by atoms with Gasteiger partial charge >= 0.3 is 0 Å². The van der Waals surface area contributed by atoms with Gasteiger partial charge in [-0.15, -0.1) is 22.7 Å². The molecule has 7 nitrogen and oxygen atoms in total. The Bertz CT molecular complexity index is 1460. The van der Waals surface area contributed by atoms with Crippen LogP contribution in [0.15, 0.2) is 63.0 Å². The fraction of sp³-hybridized carbons (Fsp3) is 0.0500. The molecule has 0 aliphatic rings. The minimum atomic E-state index is -0.416. The maximum Gasteiger partial charge on any atom is 0.270 e. The van der Waals surface area contributed by atoms with E-state index >= 15 is 0 Å². The smallest absolute Gasteiger partial charge is 0.270 e. The van der Waals surface area contributed by atoms with Crippen LogP contribution in [-0.2, 0) is 5.75 Å². The summed E-state index contributed by atoms with van der Waals surface area (Å²) in [5.74, 6) is 1.02. The first-order valence-corrected chi connectivity index (χ1v) is 11.5. The van der Waals surface area contributed by atoms with E-state index in [1.165, 1.54) is 46.6 Å². The number of rotatable bonds is 5. The van der Waals surface area contributed by atoms with Crippen molar-refractivity contribution in [3.63, 3.8) is 0 Å². The van der Waals surface area contributed by atoms with Crippen LogP contribution in [0, 0.1) is 10.1 Å². The Morgan fingerprint density at radius 1 is 1.13 bits per heavy atom. The number of hydrogen-bond donors (Lipinski definition) is 1. The largest absolute Gasteiger partial charge is 0.309 e. The zero-order chi connectivity index (χ0) is 20.7. The van der Waals surface area contributed by atoms with E-state index in [2.05, 4.69) is 15.0 Å². The lowest BCUT2D eigenvalue weighted by Gasteiger charge is -2.01. The minimum absolute atomic E-state index is 0.0473. The highest BCUT2D eigenvalue weighted by atomic mass is 32.2. The van der Waals surface area contributed by atoms with Crippen molar-refractivity contribution in [1.29, 1.82) is 0 Å². The van der Waals surface area contributed by atoms with E-state index in [1.807, 2.05) is 35.7 Å². The molecule has 0 aliphatic carbocycles. The van der Waals surface area contributed by atoms with Crippen molar-refractivity contribution in [2.45, 2.75) is 10.1 Å². The first-order chi connectivity index (χ1) is 14.6. The van der Waals surface area contributed by atoms with Crippen molar-refractivity contribution in [2.75, 3.05) is 0 Å². The van der Waals surface area contributed by atoms with Gasteiger partial charge in [-0.2, -0.15) is 0 Å². The van der Waals surface area contributed by atoms with Crippen LogP contribution in [0.2, 0.25) is 0 Å². The number of benzene rings is 2. The Morgan fingerprint density at radius 2 is 1.97 bits per heavy atom. The molecule has 0 aliphatic heterocycles. The summed E-state index contributed by atoms with van der Waals surface area (Å²) in [6.07, 6.45) is 0. The summed E-state index contributed by atoms with van der Waals surface area (Å²) in [6, 6.07) is 14.4. The third-order valence-corrected chi connectivity index (χ3v) is 7.52. The quantitative estimate of drug-likeness (QED) is 0.216. The normalized spacial score (nSPS) is 11.3. The first kappa shape index (κ1) is 18.9. The zero-order valence-electron chi connectivity index (χ0n) is 15.2. The van der Waals surface area contributed by atoms with Gasteiger partial charge in [-0.05, 0) is 11.6 Å². The highest BCUT2D eigenvalue weighted by Crippen LogP contribution is 2.34. The molecular weight excluding hydrogens is 440 g/mol. The molecule has 0 fully saturated rings. The van der Waals surface area contributed by atoms with E-state index in [-0.39, 0.29) is 11.2 Å². The predicted molar refractivity (Wildman–Crippen MR) is 122 cm³/mol. The summed E-state index contributed by atoms with van der Waals surface area (Å²) in [5.41, 5.74) is 2.48. The highest BCUT2D eigenvalue weighted by molar-refractivity contribution is 8.00. The van der Waals surface area contributed by atoms with Crippen LogP contribution in [0.25, 0.3) is 31.6 Å². The SMILES string of the molecule is O=c1[nH]c(CSc2nc3ccc([N+](=O)[O-])cc3s2)nc2scc(-c3ccccc3)c12. The molecule has 5 aromatic rings. The third kappa shape index (κ3) is 3.49. The molecule has 0 bridgehead atoms. The van der Waals surface area contributed by atoms with E-state index in [0.29, 0.717) is 21.8 Å². The maximum absolute atomic E-state index is 12.7. The number of thioether (sulfide) groups is 1. The summed E-state index contributed by atoms with van der Waals surface area (Å²) in [5, 5.41) is 13.5. The van der Waals surface area contributed by atoms with Crippen LogP contribution < -0.4 is 5.56 Å². The molecule has 10 heteroatoms. The van der Waals surface area contributed by atoms with Crippen molar-refractivity contribution in [1.82, 2.24) is 15.0 Å². The van der Waals surface area contributed by atoms with Gasteiger partial charge in [0.05, 0.1) is 26.3 Å².